The van der Waals surface area contributed by atoms with Gasteiger partial charge in [-0.15, -0.1) is 0 Å². The van der Waals surface area contributed by atoms with Crippen molar-refractivity contribution in [2.45, 2.75) is 31.6 Å². The van der Waals surface area contributed by atoms with Crippen molar-refractivity contribution in [2.75, 3.05) is 19.8 Å². The van der Waals surface area contributed by atoms with Crippen LogP contribution in [0.1, 0.15) is 12.8 Å². The van der Waals surface area contributed by atoms with Crippen LogP contribution in [0.4, 0.5) is 13.2 Å². The molecule has 0 unspecified atom stereocenters. The van der Waals surface area contributed by atoms with Crippen molar-refractivity contribution in [1.82, 2.24) is 14.7 Å². The average molecular weight is 291 g/mol. The van der Waals surface area contributed by atoms with Gasteiger partial charge in [-0.25, -0.2) is 0 Å². The van der Waals surface area contributed by atoms with Crippen LogP contribution in [-0.4, -0.2) is 52.6 Å². The Morgan fingerprint density at radius 1 is 1.40 bits per heavy atom. The summed E-state index contributed by atoms with van der Waals surface area (Å²) in [6, 6.07) is 1.20. The summed E-state index contributed by atoms with van der Waals surface area (Å²) in [7, 11) is 0. The highest BCUT2D eigenvalue weighted by molar-refractivity contribution is 5.76. The van der Waals surface area contributed by atoms with E-state index in [0.29, 0.717) is 26.1 Å². The van der Waals surface area contributed by atoms with Crippen LogP contribution >= 0.6 is 0 Å². The van der Waals surface area contributed by atoms with E-state index in [-0.39, 0.29) is 6.54 Å². The van der Waals surface area contributed by atoms with E-state index >= 15 is 0 Å². The van der Waals surface area contributed by atoms with Gasteiger partial charge in [0.25, 0.3) is 0 Å². The number of rotatable bonds is 4. The fraction of sp³-hybridized carbons (Fsp3) is 0.667. The number of aromatic nitrogens is 2. The number of amides is 1. The number of hydrogen-bond acceptors (Lipinski definition) is 3. The van der Waals surface area contributed by atoms with Gasteiger partial charge >= 0.3 is 6.18 Å². The number of carbonyl (C=O) groups excluding carboxylic acids is 1. The number of carbonyl (C=O) groups is 1. The molecule has 2 heterocycles. The van der Waals surface area contributed by atoms with Crippen molar-refractivity contribution in [3.8, 4) is 0 Å². The lowest BCUT2D eigenvalue weighted by Crippen LogP contribution is -2.49. The molecular weight excluding hydrogens is 275 g/mol. The fourth-order valence-electron chi connectivity index (χ4n) is 2.23. The Morgan fingerprint density at radius 3 is 2.65 bits per heavy atom. The van der Waals surface area contributed by atoms with Gasteiger partial charge < -0.3 is 9.64 Å². The molecule has 1 amide bonds. The predicted molar refractivity (Wildman–Crippen MR) is 63.8 cm³/mol. The van der Waals surface area contributed by atoms with Gasteiger partial charge in [-0.05, 0) is 18.9 Å². The van der Waals surface area contributed by atoms with Crippen LogP contribution in [0.2, 0.25) is 0 Å². The van der Waals surface area contributed by atoms with Crippen LogP contribution in [0, 0.1) is 0 Å². The molecular formula is C12H16F3N3O2. The zero-order chi connectivity index (χ0) is 14.6. The zero-order valence-electron chi connectivity index (χ0n) is 10.8. The number of alkyl halides is 3. The fourth-order valence-corrected chi connectivity index (χ4v) is 2.23. The van der Waals surface area contributed by atoms with Crippen LogP contribution in [-0.2, 0) is 16.1 Å². The zero-order valence-corrected chi connectivity index (χ0v) is 10.8. The molecule has 5 nitrogen and oxygen atoms in total. The molecule has 0 bridgehead atoms. The van der Waals surface area contributed by atoms with Crippen molar-refractivity contribution in [3.63, 3.8) is 0 Å². The van der Waals surface area contributed by atoms with Gasteiger partial charge in [0.15, 0.2) is 0 Å². The molecule has 1 fully saturated rings. The van der Waals surface area contributed by atoms with Crippen molar-refractivity contribution in [1.29, 1.82) is 0 Å². The van der Waals surface area contributed by atoms with Crippen LogP contribution in [0.3, 0.4) is 0 Å². The van der Waals surface area contributed by atoms with E-state index in [1.807, 2.05) is 0 Å². The number of nitrogens with zero attached hydrogens (tertiary/aromatic N) is 3. The van der Waals surface area contributed by atoms with Crippen molar-refractivity contribution >= 4 is 5.91 Å². The Morgan fingerprint density at radius 2 is 2.10 bits per heavy atom. The van der Waals surface area contributed by atoms with Gasteiger partial charge in [0.05, 0.1) is 0 Å². The lowest BCUT2D eigenvalue weighted by atomic mass is 10.1. The Kier molecular flexibility index (Phi) is 4.64. The molecule has 1 aliphatic heterocycles. The van der Waals surface area contributed by atoms with E-state index < -0.39 is 24.7 Å². The first kappa shape index (κ1) is 14.8. The monoisotopic (exact) mass is 291 g/mol. The maximum absolute atomic E-state index is 12.7. The van der Waals surface area contributed by atoms with E-state index in [0.717, 1.165) is 4.90 Å². The maximum Gasteiger partial charge on any atom is 0.406 e. The van der Waals surface area contributed by atoms with Crippen LogP contribution < -0.4 is 0 Å². The van der Waals surface area contributed by atoms with E-state index in [9.17, 15) is 18.0 Å². The third-order valence-electron chi connectivity index (χ3n) is 3.16. The van der Waals surface area contributed by atoms with Gasteiger partial charge in [0, 0.05) is 31.6 Å². The summed E-state index contributed by atoms with van der Waals surface area (Å²) in [6.45, 7) is -0.639. The molecule has 20 heavy (non-hydrogen) atoms. The molecule has 0 N–H and O–H groups in total. The van der Waals surface area contributed by atoms with Gasteiger partial charge in [-0.1, -0.05) is 0 Å². The first-order valence-corrected chi connectivity index (χ1v) is 6.37. The molecule has 112 valence electrons. The number of ether oxygens (including phenoxy) is 1. The highest BCUT2D eigenvalue weighted by Gasteiger charge is 2.37. The Hall–Kier alpha value is -1.57. The largest absolute Gasteiger partial charge is 0.406 e. The predicted octanol–water partition coefficient (Wildman–Crippen LogP) is 1.45. The Balaban J connectivity index is 2.06. The molecule has 0 saturated carbocycles. The van der Waals surface area contributed by atoms with Gasteiger partial charge in [-0.2, -0.15) is 18.3 Å². The topological polar surface area (TPSA) is 47.4 Å². The maximum atomic E-state index is 12.7. The minimum atomic E-state index is -4.40. The Bertz CT molecular complexity index is 428. The summed E-state index contributed by atoms with van der Waals surface area (Å²) >= 11 is 0. The second-order valence-electron chi connectivity index (χ2n) is 4.68. The molecule has 8 heteroatoms. The second-order valence-corrected chi connectivity index (χ2v) is 4.68. The summed E-state index contributed by atoms with van der Waals surface area (Å²) in [5, 5.41) is 3.84. The molecule has 1 saturated heterocycles. The Labute approximate surface area is 114 Å². The van der Waals surface area contributed by atoms with E-state index in [2.05, 4.69) is 5.10 Å². The first-order chi connectivity index (χ1) is 9.46. The van der Waals surface area contributed by atoms with Gasteiger partial charge in [-0.3, -0.25) is 9.48 Å². The van der Waals surface area contributed by atoms with E-state index in [4.69, 9.17) is 4.74 Å². The molecule has 0 atom stereocenters. The van der Waals surface area contributed by atoms with Crippen LogP contribution in [0.25, 0.3) is 0 Å². The second kappa shape index (κ2) is 6.25. The normalized spacial score (nSPS) is 17.1. The summed E-state index contributed by atoms with van der Waals surface area (Å²) in [5.41, 5.74) is 0. The number of hydrogen-bond donors (Lipinski definition) is 0. The smallest absolute Gasteiger partial charge is 0.381 e. The number of halogens is 3. The van der Waals surface area contributed by atoms with E-state index in [1.54, 1.807) is 12.3 Å². The van der Waals surface area contributed by atoms with Gasteiger partial charge in [0.1, 0.15) is 13.1 Å². The molecule has 1 aliphatic rings. The molecule has 2 rings (SSSR count). The standard InChI is InChI=1S/C12H16F3N3O2/c13-12(14,15)9-18(10-2-6-20-7-3-10)11(19)8-17-5-1-4-16-17/h1,4-5,10H,2-3,6-9H2. The average Bonchev–Trinajstić information content (AvgIpc) is 2.89. The highest BCUT2D eigenvalue weighted by atomic mass is 19.4. The molecule has 1 aromatic heterocycles. The minimum Gasteiger partial charge on any atom is -0.381 e. The summed E-state index contributed by atoms with van der Waals surface area (Å²) < 4.78 is 44.4. The van der Waals surface area contributed by atoms with Crippen LogP contribution in [0.15, 0.2) is 18.5 Å². The summed E-state index contributed by atoms with van der Waals surface area (Å²) in [4.78, 5) is 13.0. The summed E-state index contributed by atoms with van der Waals surface area (Å²) in [5.74, 6) is -0.571. The third kappa shape index (κ3) is 4.22. The molecule has 0 spiro atoms. The molecule has 0 aromatic carbocycles. The first-order valence-electron chi connectivity index (χ1n) is 6.37. The van der Waals surface area contributed by atoms with E-state index in [1.165, 1.54) is 10.9 Å². The highest BCUT2D eigenvalue weighted by Crippen LogP contribution is 2.22. The van der Waals surface area contributed by atoms with Gasteiger partial charge in [0.2, 0.25) is 5.91 Å². The van der Waals surface area contributed by atoms with Crippen molar-refractivity contribution in [2.24, 2.45) is 0 Å². The third-order valence-corrected chi connectivity index (χ3v) is 3.16. The molecule has 0 radical (unpaired) electrons. The minimum absolute atomic E-state index is 0.180. The summed E-state index contributed by atoms with van der Waals surface area (Å²) in [6.07, 6.45) is -0.511. The lowest BCUT2D eigenvalue weighted by Gasteiger charge is -2.34. The quantitative estimate of drug-likeness (QED) is 0.843. The SMILES string of the molecule is O=C(Cn1cccn1)N(CC(F)(F)F)C1CCOCC1. The van der Waals surface area contributed by atoms with Crippen LogP contribution in [0.5, 0.6) is 0 Å². The van der Waals surface area contributed by atoms with Crippen molar-refractivity contribution in [3.05, 3.63) is 18.5 Å². The van der Waals surface area contributed by atoms with Crippen molar-refractivity contribution < 1.29 is 22.7 Å². The molecule has 1 aromatic rings. The lowest BCUT2D eigenvalue weighted by molar-refractivity contribution is -0.169. The molecule has 0 aliphatic carbocycles.